The highest BCUT2D eigenvalue weighted by atomic mass is 16.3. The van der Waals surface area contributed by atoms with Gasteiger partial charge in [0, 0.05) is 5.92 Å². The second kappa shape index (κ2) is 10.5. The summed E-state index contributed by atoms with van der Waals surface area (Å²) in [7, 11) is 0. The Morgan fingerprint density at radius 3 is 1.46 bits per heavy atom. The van der Waals surface area contributed by atoms with Crippen LogP contribution in [-0.2, 0) is 12.8 Å². The molecule has 28 heavy (non-hydrogen) atoms. The third-order valence-electron chi connectivity index (χ3n) is 6.12. The average Bonchev–Trinajstić information content (AvgIpc) is 2.67. The van der Waals surface area contributed by atoms with Crippen molar-refractivity contribution in [2.24, 2.45) is 0 Å². The van der Waals surface area contributed by atoms with E-state index in [1.54, 1.807) is 0 Å². The van der Waals surface area contributed by atoms with Crippen molar-refractivity contribution in [1.29, 1.82) is 0 Å². The van der Waals surface area contributed by atoms with E-state index in [1.807, 2.05) is 12.1 Å². The molecule has 2 aromatic carbocycles. The lowest BCUT2D eigenvalue weighted by Crippen LogP contribution is -2.09. The predicted molar refractivity (Wildman–Crippen MR) is 120 cm³/mol. The van der Waals surface area contributed by atoms with E-state index in [4.69, 9.17) is 0 Å². The van der Waals surface area contributed by atoms with Crippen LogP contribution in [0.1, 0.15) is 98.6 Å². The molecule has 2 heteroatoms. The van der Waals surface area contributed by atoms with E-state index in [0.717, 1.165) is 62.5 Å². The number of aromatic hydroxyl groups is 2. The van der Waals surface area contributed by atoms with Crippen LogP contribution in [0.4, 0.5) is 0 Å². The van der Waals surface area contributed by atoms with Crippen LogP contribution in [0.5, 0.6) is 11.5 Å². The van der Waals surface area contributed by atoms with Gasteiger partial charge in [-0.1, -0.05) is 52.2 Å². The minimum atomic E-state index is 0.298. The molecule has 0 aromatic heterocycles. The Hall–Kier alpha value is -1.96. The summed E-state index contributed by atoms with van der Waals surface area (Å²) in [5, 5.41) is 20.8. The van der Waals surface area contributed by atoms with Crippen LogP contribution in [0.15, 0.2) is 24.3 Å². The number of unbranched alkanes of at least 4 members (excludes halogenated alkanes) is 2. The topological polar surface area (TPSA) is 40.5 Å². The monoisotopic (exact) mass is 382 g/mol. The molecule has 0 unspecified atom stereocenters. The molecule has 0 saturated carbocycles. The van der Waals surface area contributed by atoms with Crippen molar-refractivity contribution in [3.05, 3.63) is 57.6 Å². The van der Waals surface area contributed by atoms with Gasteiger partial charge < -0.3 is 10.2 Å². The second-order valence-electron chi connectivity index (χ2n) is 8.10. The molecule has 0 heterocycles. The van der Waals surface area contributed by atoms with Gasteiger partial charge in [0.15, 0.2) is 0 Å². The highest BCUT2D eigenvalue weighted by Crippen LogP contribution is 2.39. The van der Waals surface area contributed by atoms with Crippen molar-refractivity contribution < 1.29 is 10.2 Å². The summed E-state index contributed by atoms with van der Waals surface area (Å²) >= 11 is 0. The van der Waals surface area contributed by atoms with Gasteiger partial charge in [-0.25, -0.2) is 0 Å². The van der Waals surface area contributed by atoms with E-state index in [2.05, 4.69) is 46.8 Å². The minimum Gasteiger partial charge on any atom is -0.508 e. The van der Waals surface area contributed by atoms with Crippen LogP contribution in [0.3, 0.4) is 0 Å². The number of rotatable bonds is 10. The minimum absolute atomic E-state index is 0.298. The molecule has 0 spiro atoms. The third kappa shape index (κ3) is 4.90. The van der Waals surface area contributed by atoms with E-state index in [0.29, 0.717) is 17.4 Å². The summed E-state index contributed by atoms with van der Waals surface area (Å²) in [6.07, 6.45) is 8.45. The SMILES string of the molecule is CCCCc1c(O)ccc(C(CCC)c2ccc(O)c(CCCC)c2C)c1C. The van der Waals surface area contributed by atoms with Gasteiger partial charge in [-0.05, 0) is 91.5 Å². The lowest BCUT2D eigenvalue weighted by atomic mass is 9.80. The highest BCUT2D eigenvalue weighted by Gasteiger charge is 2.22. The summed E-state index contributed by atoms with van der Waals surface area (Å²) in [5.74, 6) is 1.15. The first kappa shape index (κ1) is 22.3. The Balaban J connectivity index is 2.55. The lowest BCUT2D eigenvalue weighted by Gasteiger charge is -2.25. The van der Waals surface area contributed by atoms with Gasteiger partial charge in [0.2, 0.25) is 0 Å². The zero-order chi connectivity index (χ0) is 20.7. The Bertz CT molecular complexity index is 713. The molecule has 0 aliphatic rings. The number of benzene rings is 2. The van der Waals surface area contributed by atoms with Gasteiger partial charge in [-0.15, -0.1) is 0 Å². The van der Waals surface area contributed by atoms with Crippen LogP contribution in [-0.4, -0.2) is 10.2 Å². The predicted octanol–water partition coefficient (Wildman–Crippen LogP) is 7.33. The fraction of sp³-hybridized carbons (Fsp3) is 0.538. The summed E-state index contributed by atoms with van der Waals surface area (Å²) < 4.78 is 0. The first-order valence-corrected chi connectivity index (χ1v) is 11.1. The molecule has 0 fully saturated rings. The van der Waals surface area contributed by atoms with E-state index in [1.165, 1.54) is 22.3 Å². The normalized spacial score (nSPS) is 11.4. The number of phenols is 2. The third-order valence-corrected chi connectivity index (χ3v) is 6.12. The summed E-state index contributed by atoms with van der Waals surface area (Å²) in [6, 6.07) is 7.98. The Morgan fingerprint density at radius 1 is 0.679 bits per heavy atom. The fourth-order valence-corrected chi connectivity index (χ4v) is 4.38. The Kier molecular flexibility index (Phi) is 8.41. The summed E-state index contributed by atoms with van der Waals surface area (Å²) in [5.41, 5.74) is 7.30. The van der Waals surface area contributed by atoms with Gasteiger partial charge >= 0.3 is 0 Å². The molecule has 0 aliphatic heterocycles. The van der Waals surface area contributed by atoms with E-state index >= 15 is 0 Å². The van der Waals surface area contributed by atoms with Gasteiger partial charge in [0.1, 0.15) is 11.5 Å². The number of phenolic OH excluding ortho intramolecular Hbond substituents is 2. The molecule has 2 nitrogen and oxygen atoms in total. The maximum atomic E-state index is 10.4. The summed E-state index contributed by atoms with van der Waals surface area (Å²) in [4.78, 5) is 0. The lowest BCUT2D eigenvalue weighted by molar-refractivity contribution is 0.465. The molecular formula is C26H38O2. The molecule has 0 aliphatic carbocycles. The quantitative estimate of drug-likeness (QED) is 0.451. The van der Waals surface area contributed by atoms with E-state index in [9.17, 15) is 10.2 Å². The standard InChI is InChI=1S/C26H38O2/c1-6-9-12-22-18(4)20(14-16-25(22)27)24(11-8-3)21-15-17-26(28)23(19(21)5)13-10-7-2/h14-17,24,27-28H,6-13H2,1-5H3. The molecule has 0 saturated heterocycles. The number of hydrogen-bond acceptors (Lipinski definition) is 2. The van der Waals surface area contributed by atoms with Gasteiger partial charge in [-0.3, -0.25) is 0 Å². The molecule has 0 amide bonds. The largest absolute Gasteiger partial charge is 0.508 e. The smallest absolute Gasteiger partial charge is 0.119 e. The first-order chi connectivity index (χ1) is 13.5. The molecule has 0 bridgehead atoms. The van der Waals surface area contributed by atoms with Crippen molar-refractivity contribution in [2.45, 2.75) is 91.9 Å². The summed E-state index contributed by atoms with van der Waals surface area (Å²) in [6.45, 7) is 10.9. The second-order valence-corrected chi connectivity index (χ2v) is 8.10. The van der Waals surface area contributed by atoms with E-state index < -0.39 is 0 Å². The average molecular weight is 383 g/mol. The molecule has 0 radical (unpaired) electrons. The van der Waals surface area contributed by atoms with Crippen LogP contribution >= 0.6 is 0 Å². The van der Waals surface area contributed by atoms with Crippen molar-refractivity contribution >= 4 is 0 Å². The van der Waals surface area contributed by atoms with Crippen LogP contribution in [0, 0.1) is 13.8 Å². The fourth-order valence-electron chi connectivity index (χ4n) is 4.38. The van der Waals surface area contributed by atoms with Crippen molar-refractivity contribution in [3.63, 3.8) is 0 Å². The zero-order valence-electron chi connectivity index (χ0n) is 18.4. The van der Waals surface area contributed by atoms with Gasteiger partial charge in [-0.2, -0.15) is 0 Å². The van der Waals surface area contributed by atoms with Crippen molar-refractivity contribution in [2.75, 3.05) is 0 Å². The Labute approximate surface area is 171 Å². The molecule has 2 aromatic rings. The first-order valence-electron chi connectivity index (χ1n) is 11.1. The Morgan fingerprint density at radius 2 is 1.11 bits per heavy atom. The maximum absolute atomic E-state index is 10.4. The van der Waals surface area contributed by atoms with Gasteiger partial charge in [0.25, 0.3) is 0 Å². The molecule has 154 valence electrons. The molecule has 2 N–H and O–H groups in total. The highest BCUT2D eigenvalue weighted by molar-refractivity contribution is 5.52. The van der Waals surface area contributed by atoms with Crippen molar-refractivity contribution in [3.8, 4) is 11.5 Å². The maximum Gasteiger partial charge on any atom is 0.119 e. The zero-order valence-corrected chi connectivity index (χ0v) is 18.4. The molecular weight excluding hydrogens is 344 g/mol. The van der Waals surface area contributed by atoms with Crippen molar-refractivity contribution in [1.82, 2.24) is 0 Å². The molecule has 2 rings (SSSR count). The van der Waals surface area contributed by atoms with Crippen LogP contribution < -0.4 is 0 Å². The number of hydrogen-bond donors (Lipinski definition) is 2. The molecule has 0 atom stereocenters. The van der Waals surface area contributed by atoms with Crippen LogP contribution in [0.25, 0.3) is 0 Å². The van der Waals surface area contributed by atoms with Gasteiger partial charge in [0.05, 0.1) is 0 Å². The van der Waals surface area contributed by atoms with Crippen LogP contribution in [0.2, 0.25) is 0 Å². The van der Waals surface area contributed by atoms with E-state index in [-0.39, 0.29) is 0 Å².